The third-order valence-corrected chi connectivity index (χ3v) is 2.92. The second kappa shape index (κ2) is 7.72. The maximum Gasteiger partial charge on any atom is 1.00 e. The van der Waals surface area contributed by atoms with Gasteiger partial charge in [-0.3, -0.25) is 4.79 Å². The molecule has 1 rings (SSSR count). The quantitative estimate of drug-likeness (QED) is 0.479. The first-order valence-corrected chi connectivity index (χ1v) is 5.48. The average molecular weight is 208 g/mol. The molecular formula is C11H21NaO2. The van der Waals surface area contributed by atoms with E-state index in [2.05, 4.69) is 6.92 Å². The standard InChI is InChI=1S/C11H20O2.Na.H/c1-2-3-4-5-6-7-9-8-10(9)11(12)13;;/h9-10H,2-8H2,1H3,(H,12,13);;/q;+1;-1. The molecule has 0 saturated heterocycles. The van der Waals surface area contributed by atoms with Gasteiger partial charge >= 0.3 is 35.5 Å². The Hall–Kier alpha value is 0.470. The van der Waals surface area contributed by atoms with Gasteiger partial charge in [-0.1, -0.05) is 39.0 Å². The van der Waals surface area contributed by atoms with E-state index < -0.39 is 5.97 Å². The summed E-state index contributed by atoms with van der Waals surface area (Å²) in [4.78, 5) is 10.5. The molecular weight excluding hydrogens is 187 g/mol. The number of aliphatic carboxylic acids is 1. The van der Waals surface area contributed by atoms with Crippen LogP contribution < -0.4 is 29.6 Å². The molecule has 2 unspecified atom stereocenters. The number of unbranched alkanes of at least 4 members (excludes halogenated alkanes) is 4. The van der Waals surface area contributed by atoms with Gasteiger partial charge in [0.25, 0.3) is 0 Å². The molecule has 0 spiro atoms. The molecule has 1 N–H and O–H groups in total. The zero-order valence-electron chi connectivity index (χ0n) is 10.5. The largest absolute Gasteiger partial charge is 1.00 e. The third kappa shape index (κ3) is 5.38. The van der Waals surface area contributed by atoms with Gasteiger partial charge in [0.05, 0.1) is 5.92 Å². The molecule has 0 heterocycles. The topological polar surface area (TPSA) is 37.3 Å². The Labute approximate surface area is 110 Å². The summed E-state index contributed by atoms with van der Waals surface area (Å²) >= 11 is 0. The second-order valence-corrected chi connectivity index (χ2v) is 4.14. The summed E-state index contributed by atoms with van der Waals surface area (Å²) in [6, 6.07) is 0. The van der Waals surface area contributed by atoms with Crippen LogP contribution in [-0.2, 0) is 4.79 Å². The van der Waals surface area contributed by atoms with Gasteiger partial charge in [0.2, 0.25) is 0 Å². The molecule has 14 heavy (non-hydrogen) atoms. The van der Waals surface area contributed by atoms with Crippen LogP contribution in [0.25, 0.3) is 0 Å². The van der Waals surface area contributed by atoms with Crippen LogP contribution in [0.1, 0.15) is 53.3 Å². The molecule has 1 aliphatic carbocycles. The van der Waals surface area contributed by atoms with Crippen molar-refractivity contribution >= 4 is 5.97 Å². The van der Waals surface area contributed by atoms with Crippen LogP contribution in [0.3, 0.4) is 0 Å². The van der Waals surface area contributed by atoms with Crippen molar-refractivity contribution in [2.45, 2.75) is 51.9 Å². The summed E-state index contributed by atoms with van der Waals surface area (Å²) < 4.78 is 0. The van der Waals surface area contributed by atoms with E-state index in [0.717, 1.165) is 12.8 Å². The number of hydrogen-bond acceptors (Lipinski definition) is 1. The van der Waals surface area contributed by atoms with Crippen molar-refractivity contribution in [1.29, 1.82) is 0 Å². The maximum atomic E-state index is 10.5. The maximum absolute atomic E-state index is 10.5. The van der Waals surface area contributed by atoms with Crippen molar-refractivity contribution in [3.63, 3.8) is 0 Å². The minimum atomic E-state index is -0.585. The number of hydrogen-bond donors (Lipinski definition) is 1. The summed E-state index contributed by atoms with van der Waals surface area (Å²) in [5.74, 6) is -0.0659. The summed E-state index contributed by atoms with van der Waals surface area (Å²) in [7, 11) is 0. The third-order valence-electron chi connectivity index (χ3n) is 2.92. The second-order valence-electron chi connectivity index (χ2n) is 4.14. The molecule has 0 radical (unpaired) electrons. The molecule has 1 fully saturated rings. The fraction of sp³-hybridized carbons (Fsp3) is 0.909. The number of rotatable bonds is 7. The van der Waals surface area contributed by atoms with Gasteiger partial charge in [0.15, 0.2) is 0 Å². The van der Waals surface area contributed by atoms with Crippen LogP contribution in [0.2, 0.25) is 0 Å². The van der Waals surface area contributed by atoms with E-state index >= 15 is 0 Å². The number of carbonyl (C=O) groups is 1. The van der Waals surface area contributed by atoms with Crippen LogP contribution in [0.15, 0.2) is 0 Å². The van der Waals surface area contributed by atoms with Gasteiger partial charge in [-0.15, -0.1) is 0 Å². The van der Waals surface area contributed by atoms with Gasteiger partial charge in [-0.05, 0) is 18.8 Å². The number of carboxylic acids is 1. The van der Waals surface area contributed by atoms with Gasteiger partial charge in [0.1, 0.15) is 0 Å². The monoisotopic (exact) mass is 208 g/mol. The van der Waals surface area contributed by atoms with Gasteiger partial charge in [-0.25, -0.2) is 0 Å². The molecule has 1 aliphatic rings. The van der Waals surface area contributed by atoms with E-state index in [9.17, 15) is 4.79 Å². The molecule has 78 valence electrons. The summed E-state index contributed by atoms with van der Waals surface area (Å²) in [6.07, 6.45) is 8.52. The summed E-state index contributed by atoms with van der Waals surface area (Å²) in [5.41, 5.74) is 0. The van der Waals surface area contributed by atoms with E-state index in [-0.39, 0.29) is 36.9 Å². The molecule has 0 aromatic heterocycles. The smallest absolute Gasteiger partial charge is 1.00 e. The Bertz CT molecular complexity index is 176. The average Bonchev–Trinajstić information content (AvgIpc) is 2.83. The van der Waals surface area contributed by atoms with E-state index in [0.29, 0.717) is 5.92 Å². The molecule has 0 amide bonds. The normalized spacial score (nSPS) is 24.1. The molecule has 1 saturated carbocycles. The summed E-state index contributed by atoms with van der Waals surface area (Å²) in [6.45, 7) is 2.21. The van der Waals surface area contributed by atoms with E-state index in [1.807, 2.05) is 0 Å². The van der Waals surface area contributed by atoms with Crippen molar-refractivity contribution in [2.24, 2.45) is 11.8 Å². The Morgan fingerprint density at radius 2 is 2.00 bits per heavy atom. The van der Waals surface area contributed by atoms with Crippen molar-refractivity contribution in [2.75, 3.05) is 0 Å². The fourth-order valence-electron chi connectivity index (χ4n) is 1.88. The minimum Gasteiger partial charge on any atom is -1.00 e. The van der Waals surface area contributed by atoms with Crippen LogP contribution in [-0.4, -0.2) is 11.1 Å². The molecule has 2 nitrogen and oxygen atoms in total. The van der Waals surface area contributed by atoms with Crippen molar-refractivity contribution < 1.29 is 40.9 Å². The minimum absolute atomic E-state index is 0. The Balaban J connectivity index is 0. The molecule has 0 bridgehead atoms. The number of carboxylic acid groups (broad SMARTS) is 1. The predicted octanol–water partition coefficient (Wildman–Crippen LogP) is 0.184. The van der Waals surface area contributed by atoms with Crippen LogP contribution in [0.5, 0.6) is 0 Å². The zero-order chi connectivity index (χ0) is 9.68. The van der Waals surface area contributed by atoms with Crippen molar-refractivity contribution in [1.82, 2.24) is 0 Å². The summed E-state index contributed by atoms with van der Waals surface area (Å²) in [5, 5.41) is 8.66. The zero-order valence-corrected chi connectivity index (χ0v) is 11.5. The first-order chi connectivity index (χ1) is 6.25. The van der Waals surface area contributed by atoms with E-state index in [1.165, 1.54) is 32.1 Å². The first-order valence-electron chi connectivity index (χ1n) is 5.48. The molecule has 3 heteroatoms. The van der Waals surface area contributed by atoms with Gasteiger partial charge in [-0.2, -0.15) is 0 Å². The first kappa shape index (κ1) is 14.5. The van der Waals surface area contributed by atoms with Crippen LogP contribution >= 0.6 is 0 Å². The molecule has 0 aromatic rings. The Morgan fingerprint density at radius 1 is 1.36 bits per heavy atom. The fourth-order valence-corrected chi connectivity index (χ4v) is 1.88. The van der Waals surface area contributed by atoms with E-state index in [1.54, 1.807) is 0 Å². The van der Waals surface area contributed by atoms with Gasteiger partial charge in [0, 0.05) is 0 Å². The molecule has 0 aromatic carbocycles. The molecule has 2 atom stereocenters. The van der Waals surface area contributed by atoms with Crippen molar-refractivity contribution in [3.8, 4) is 0 Å². The Morgan fingerprint density at radius 3 is 2.50 bits per heavy atom. The van der Waals surface area contributed by atoms with Crippen LogP contribution in [0, 0.1) is 11.8 Å². The predicted molar refractivity (Wildman–Crippen MR) is 53.7 cm³/mol. The Kier molecular flexibility index (Phi) is 7.98. The van der Waals surface area contributed by atoms with Crippen molar-refractivity contribution in [3.05, 3.63) is 0 Å². The van der Waals surface area contributed by atoms with Crippen LogP contribution in [0.4, 0.5) is 0 Å². The SMILES string of the molecule is CCCCCCCC1CC1C(=O)O.[H-].[Na+]. The molecule has 0 aliphatic heterocycles. The van der Waals surface area contributed by atoms with E-state index in [4.69, 9.17) is 5.11 Å². The van der Waals surface area contributed by atoms with Gasteiger partial charge < -0.3 is 6.53 Å².